The van der Waals surface area contributed by atoms with Crippen molar-refractivity contribution in [3.05, 3.63) is 99.9 Å². The second-order valence-electron chi connectivity index (χ2n) is 5.42. The highest BCUT2D eigenvalue weighted by molar-refractivity contribution is 5.57. The summed E-state index contributed by atoms with van der Waals surface area (Å²) in [6, 6.07) is 25.2. The van der Waals surface area contributed by atoms with Gasteiger partial charge in [0.15, 0.2) is 0 Å². The molecule has 0 unspecified atom stereocenters. The molecule has 0 aliphatic rings. The van der Waals surface area contributed by atoms with E-state index in [0.29, 0.717) is 5.35 Å². The molecule has 0 atom stereocenters. The number of hydrogen-bond donors (Lipinski definition) is 0. The van der Waals surface area contributed by atoms with Crippen LogP contribution in [-0.4, -0.2) is 4.98 Å². The summed E-state index contributed by atoms with van der Waals surface area (Å²) in [7, 11) is 0. The molecule has 0 saturated carbocycles. The molecule has 0 aliphatic carbocycles. The van der Waals surface area contributed by atoms with Crippen molar-refractivity contribution in [2.24, 2.45) is 0 Å². The zero-order chi connectivity index (χ0) is 17.4. The first-order valence-corrected chi connectivity index (χ1v) is 7.66. The summed E-state index contributed by atoms with van der Waals surface area (Å²) in [6.07, 6.45) is 0. The van der Waals surface area contributed by atoms with Crippen LogP contribution >= 0.6 is 0 Å². The van der Waals surface area contributed by atoms with Crippen LogP contribution in [0.1, 0.15) is 0 Å². The largest absolute Gasteiger partial charge is 0.249 e. The Balaban J connectivity index is 2.89. The lowest BCUT2D eigenvalue weighted by molar-refractivity contribution is 1.28. The second-order valence-corrected chi connectivity index (χ2v) is 5.42. The molecule has 0 saturated heterocycles. The zero-order valence-electron chi connectivity index (χ0n) is 13.8. The number of hydrogen-bond acceptors (Lipinski definition) is 1. The van der Waals surface area contributed by atoms with E-state index in [0.717, 1.165) is 26.9 Å². The molecular formula is C23H21N. The van der Waals surface area contributed by atoms with Crippen molar-refractivity contribution in [2.45, 2.75) is 0 Å². The van der Waals surface area contributed by atoms with Crippen molar-refractivity contribution in [3.8, 4) is 11.3 Å². The summed E-state index contributed by atoms with van der Waals surface area (Å²) in [4.78, 5) is 4.62. The van der Waals surface area contributed by atoms with Gasteiger partial charge in [-0.05, 0) is 33.9 Å². The van der Waals surface area contributed by atoms with Gasteiger partial charge >= 0.3 is 0 Å². The van der Waals surface area contributed by atoms with Gasteiger partial charge < -0.3 is 0 Å². The van der Waals surface area contributed by atoms with Gasteiger partial charge in [0.05, 0.1) is 11.0 Å². The fraction of sp³-hybridized carbons (Fsp3) is 0. The van der Waals surface area contributed by atoms with E-state index in [4.69, 9.17) is 0 Å². The first kappa shape index (κ1) is 17.2. The second kappa shape index (κ2) is 8.44. The van der Waals surface area contributed by atoms with Crippen LogP contribution in [0.3, 0.4) is 0 Å². The molecule has 118 valence electrons. The molecule has 0 spiro atoms. The van der Waals surface area contributed by atoms with Gasteiger partial charge in [0.2, 0.25) is 0 Å². The minimum Gasteiger partial charge on any atom is -0.249 e. The molecule has 1 heterocycles. The summed E-state index contributed by atoms with van der Waals surface area (Å²) >= 11 is 0. The van der Waals surface area contributed by atoms with E-state index >= 15 is 0 Å². The average Bonchev–Trinajstić information content (AvgIpc) is 2.55. The van der Waals surface area contributed by atoms with E-state index in [1.807, 2.05) is 78.9 Å². The van der Waals surface area contributed by atoms with Gasteiger partial charge in [0.1, 0.15) is 0 Å². The summed E-state index contributed by atoms with van der Waals surface area (Å²) < 4.78 is 0. The molecule has 0 radical (unpaired) electrons. The SMILES string of the molecule is C=c1ccccc(=C)cc(-c2ccc(=C)ccccc(=C)n2)cc1. The molecule has 0 amide bonds. The average molecular weight is 311 g/mol. The van der Waals surface area contributed by atoms with Crippen LogP contribution in [0.2, 0.25) is 0 Å². The Kier molecular flexibility index (Phi) is 6.04. The lowest BCUT2D eigenvalue weighted by Gasteiger charge is -1.96. The van der Waals surface area contributed by atoms with Gasteiger partial charge in [-0.2, -0.15) is 0 Å². The van der Waals surface area contributed by atoms with Crippen molar-refractivity contribution in [2.75, 3.05) is 0 Å². The molecule has 24 heavy (non-hydrogen) atoms. The van der Waals surface area contributed by atoms with Crippen molar-refractivity contribution in [1.29, 1.82) is 0 Å². The number of nitrogens with zero attached hydrogens (tertiary/aromatic N) is 1. The van der Waals surface area contributed by atoms with Crippen LogP contribution in [0.4, 0.5) is 0 Å². The lowest BCUT2D eigenvalue weighted by atomic mass is 10.1. The van der Waals surface area contributed by atoms with Gasteiger partial charge in [-0.15, -0.1) is 0 Å². The molecule has 1 aromatic carbocycles. The summed E-state index contributed by atoms with van der Waals surface area (Å²) in [5.41, 5.74) is 1.73. The Labute approximate surface area is 142 Å². The monoisotopic (exact) mass is 311 g/mol. The molecule has 0 fully saturated rings. The van der Waals surface area contributed by atoms with Gasteiger partial charge in [-0.3, -0.25) is 0 Å². The fourth-order valence-electron chi connectivity index (χ4n) is 2.04. The molecule has 2 rings (SSSR count). The molecule has 2 aromatic rings. The first-order valence-electron chi connectivity index (χ1n) is 7.66. The molecule has 1 heteroatoms. The first-order chi connectivity index (χ1) is 11.5. The maximum atomic E-state index is 4.62. The van der Waals surface area contributed by atoms with Crippen molar-refractivity contribution in [3.63, 3.8) is 0 Å². The maximum absolute atomic E-state index is 4.62. The third-order valence-corrected chi connectivity index (χ3v) is 3.27. The topological polar surface area (TPSA) is 12.9 Å². The van der Waals surface area contributed by atoms with Crippen LogP contribution in [0.25, 0.3) is 37.6 Å². The fourth-order valence-corrected chi connectivity index (χ4v) is 2.04. The Morgan fingerprint density at radius 1 is 0.542 bits per heavy atom. The van der Waals surface area contributed by atoms with Crippen molar-refractivity contribution < 1.29 is 0 Å². The van der Waals surface area contributed by atoms with E-state index in [-0.39, 0.29) is 0 Å². The van der Waals surface area contributed by atoms with Gasteiger partial charge in [-0.25, -0.2) is 4.98 Å². The highest BCUT2D eigenvalue weighted by Gasteiger charge is 1.93. The highest BCUT2D eigenvalue weighted by atomic mass is 14.7. The zero-order valence-corrected chi connectivity index (χ0v) is 13.8. The Bertz CT molecular complexity index is 949. The maximum Gasteiger partial charge on any atom is 0.0709 e. The molecule has 1 nitrogen and oxygen atoms in total. The smallest absolute Gasteiger partial charge is 0.0709 e. The van der Waals surface area contributed by atoms with Crippen LogP contribution < -0.4 is 21.0 Å². The van der Waals surface area contributed by atoms with Gasteiger partial charge in [0, 0.05) is 5.56 Å². The summed E-state index contributed by atoms with van der Waals surface area (Å²) in [6.45, 7) is 16.1. The molecule has 0 aliphatic heterocycles. The van der Waals surface area contributed by atoms with Crippen molar-refractivity contribution >= 4 is 26.3 Å². The summed E-state index contributed by atoms with van der Waals surface area (Å²) in [5.74, 6) is 0. The third-order valence-electron chi connectivity index (χ3n) is 3.27. The van der Waals surface area contributed by atoms with Crippen LogP contribution in [0.5, 0.6) is 0 Å². The molecule has 1 aromatic heterocycles. The predicted molar refractivity (Wildman–Crippen MR) is 106 cm³/mol. The normalized spacial score (nSPS) is 9.50. The quantitative estimate of drug-likeness (QED) is 0.789. The lowest BCUT2D eigenvalue weighted by Crippen LogP contribution is -2.03. The summed E-state index contributed by atoms with van der Waals surface area (Å²) in [5, 5.41) is 3.38. The van der Waals surface area contributed by atoms with E-state index in [2.05, 4.69) is 31.3 Å². The number of aromatic nitrogens is 1. The number of rotatable bonds is 1. The van der Waals surface area contributed by atoms with E-state index < -0.39 is 0 Å². The third kappa shape index (κ3) is 5.54. The van der Waals surface area contributed by atoms with E-state index in [1.165, 1.54) is 0 Å². The van der Waals surface area contributed by atoms with Crippen LogP contribution in [0.15, 0.2) is 78.9 Å². The Morgan fingerprint density at radius 3 is 1.75 bits per heavy atom. The van der Waals surface area contributed by atoms with Crippen molar-refractivity contribution in [1.82, 2.24) is 4.98 Å². The van der Waals surface area contributed by atoms with Crippen LogP contribution in [-0.2, 0) is 0 Å². The highest BCUT2D eigenvalue weighted by Crippen LogP contribution is 2.09. The molecular weight excluding hydrogens is 290 g/mol. The van der Waals surface area contributed by atoms with Gasteiger partial charge in [-0.1, -0.05) is 87.0 Å². The van der Waals surface area contributed by atoms with E-state index in [9.17, 15) is 0 Å². The minimum atomic E-state index is 0.679. The minimum absolute atomic E-state index is 0.679. The molecule has 0 bridgehead atoms. The Morgan fingerprint density at radius 2 is 1.08 bits per heavy atom. The Hall–Kier alpha value is -3.19. The van der Waals surface area contributed by atoms with E-state index in [1.54, 1.807) is 0 Å². The van der Waals surface area contributed by atoms with Gasteiger partial charge in [0.25, 0.3) is 0 Å². The predicted octanol–water partition coefficient (Wildman–Crippen LogP) is 2.64. The standard InChI is InChI=1S/C23H21N/c1-18-9-5-6-11-20(3)17-22(15-13-18)23-16-14-19(2)10-7-8-12-21(4)24-23/h5-17H,1-4H2. The molecule has 0 N–H and O–H groups in total. The van der Waals surface area contributed by atoms with Crippen LogP contribution in [0, 0.1) is 0 Å².